The molecule has 9 heteroatoms. The lowest BCUT2D eigenvalue weighted by molar-refractivity contribution is -0.149. The van der Waals surface area contributed by atoms with E-state index in [9.17, 15) is 9.90 Å². The first-order chi connectivity index (χ1) is 18.9. The average Bonchev–Trinajstić information content (AvgIpc) is 3.33. The summed E-state index contributed by atoms with van der Waals surface area (Å²) < 4.78 is 5.19. The predicted molar refractivity (Wildman–Crippen MR) is 153 cm³/mol. The van der Waals surface area contributed by atoms with Crippen molar-refractivity contribution in [3.63, 3.8) is 0 Å². The molecule has 2 aromatic heterocycles. The van der Waals surface area contributed by atoms with Crippen molar-refractivity contribution in [1.82, 2.24) is 15.0 Å². The summed E-state index contributed by atoms with van der Waals surface area (Å²) in [6.45, 7) is 3.99. The number of hydrogen-bond donors (Lipinski definition) is 4. The quantitative estimate of drug-likeness (QED) is 0.320. The van der Waals surface area contributed by atoms with E-state index in [1.807, 2.05) is 37.7 Å². The number of benzene rings is 1. The number of nitrogen functional groups attached to an aromatic ring is 1. The summed E-state index contributed by atoms with van der Waals surface area (Å²) >= 11 is 0. The molecule has 1 saturated carbocycles. The van der Waals surface area contributed by atoms with Crippen LogP contribution in [0.1, 0.15) is 79.5 Å². The molecule has 1 aromatic carbocycles. The fraction of sp³-hybridized carbons (Fsp3) is 0.433. The van der Waals surface area contributed by atoms with Crippen molar-refractivity contribution in [1.29, 1.82) is 0 Å². The number of H-pyrrole nitrogens is 1. The number of anilines is 2. The number of nitrogens with two attached hydrogens (primary N) is 2. The maximum atomic E-state index is 12.0. The number of nitrogens with zero attached hydrogens (tertiary/aromatic N) is 3. The monoisotopic (exact) mass is 530 g/mol. The van der Waals surface area contributed by atoms with E-state index < -0.39 is 0 Å². The van der Waals surface area contributed by atoms with E-state index in [4.69, 9.17) is 26.2 Å². The minimum absolute atomic E-state index is 0.0241. The number of aromatic nitrogens is 3. The molecular weight excluding hydrogens is 492 g/mol. The SMILES string of the molecule is CCOC(=O)[C@H]1CC[C@H](c2cnc(N3CCC(c4c[nH]c(N)c4/C=C(\N)c4ccccc4O)CC3)nc2)CC1. The summed E-state index contributed by atoms with van der Waals surface area (Å²) in [4.78, 5) is 26.8. The number of carbonyl (C=O) groups excluding carboxylic acids is 1. The second-order valence-corrected chi connectivity index (χ2v) is 10.6. The molecule has 1 aliphatic heterocycles. The maximum absolute atomic E-state index is 12.0. The highest BCUT2D eigenvalue weighted by Crippen LogP contribution is 2.37. The van der Waals surface area contributed by atoms with Gasteiger partial charge in [0, 0.05) is 48.5 Å². The van der Waals surface area contributed by atoms with Gasteiger partial charge in [0.05, 0.1) is 12.5 Å². The zero-order chi connectivity index (χ0) is 27.4. The van der Waals surface area contributed by atoms with Crippen LogP contribution in [0.25, 0.3) is 11.8 Å². The molecule has 39 heavy (non-hydrogen) atoms. The zero-order valence-electron chi connectivity index (χ0n) is 22.5. The maximum Gasteiger partial charge on any atom is 0.308 e. The summed E-state index contributed by atoms with van der Waals surface area (Å²) in [6, 6.07) is 7.03. The Hall–Kier alpha value is -4.01. The third kappa shape index (κ3) is 5.87. The van der Waals surface area contributed by atoms with Crippen molar-refractivity contribution in [2.45, 2.75) is 57.3 Å². The molecule has 3 heterocycles. The van der Waals surface area contributed by atoms with E-state index in [0.717, 1.165) is 74.3 Å². The summed E-state index contributed by atoms with van der Waals surface area (Å²) in [7, 11) is 0. The molecule has 1 saturated heterocycles. The Morgan fingerprint density at radius 2 is 1.79 bits per heavy atom. The second-order valence-electron chi connectivity index (χ2n) is 10.6. The molecule has 0 unspecified atom stereocenters. The third-order valence-corrected chi connectivity index (χ3v) is 8.19. The molecule has 0 atom stereocenters. The number of esters is 1. The van der Waals surface area contributed by atoms with Gasteiger partial charge >= 0.3 is 5.97 Å². The van der Waals surface area contributed by atoms with Crippen LogP contribution in [-0.2, 0) is 9.53 Å². The molecule has 206 valence electrons. The number of phenolic OH excluding ortho intramolecular Hbond substituents is 1. The second kappa shape index (κ2) is 11.8. The van der Waals surface area contributed by atoms with Crippen LogP contribution in [0.5, 0.6) is 5.75 Å². The number of aromatic amines is 1. The lowest BCUT2D eigenvalue weighted by atomic mass is 9.79. The van der Waals surface area contributed by atoms with Gasteiger partial charge in [0.1, 0.15) is 11.6 Å². The molecule has 0 amide bonds. The number of aromatic hydroxyl groups is 1. The van der Waals surface area contributed by atoms with Crippen LogP contribution in [0.3, 0.4) is 0 Å². The zero-order valence-corrected chi connectivity index (χ0v) is 22.5. The van der Waals surface area contributed by atoms with E-state index in [-0.39, 0.29) is 17.6 Å². The summed E-state index contributed by atoms with van der Waals surface area (Å²) in [5, 5.41) is 10.2. The van der Waals surface area contributed by atoms with Gasteiger partial charge in [0.2, 0.25) is 5.95 Å². The topological polar surface area (TPSA) is 143 Å². The van der Waals surface area contributed by atoms with Gasteiger partial charge < -0.3 is 31.2 Å². The van der Waals surface area contributed by atoms with Gasteiger partial charge in [0.25, 0.3) is 0 Å². The van der Waals surface area contributed by atoms with Gasteiger partial charge in [-0.15, -0.1) is 0 Å². The fourth-order valence-electron chi connectivity index (χ4n) is 5.93. The number of rotatable bonds is 7. The van der Waals surface area contributed by atoms with E-state index in [0.29, 0.717) is 35.5 Å². The van der Waals surface area contributed by atoms with Crippen molar-refractivity contribution in [3.8, 4) is 5.75 Å². The molecule has 5 rings (SSSR count). The molecule has 6 N–H and O–H groups in total. The highest BCUT2D eigenvalue weighted by Gasteiger charge is 2.29. The van der Waals surface area contributed by atoms with Crippen LogP contribution in [-0.4, -0.2) is 45.7 Å². The number of ether oxygens (including phenoxy) is 1. The van der Waals surface area contributed by atoms with Gasteiger partial charge in [-0.05, 0) is 86.6 Å². The normalized spacial score (nSPS) is 20.6. The highest BCUT2D eigenvalue weighted by atomic mass is 16.5. The average molecular weight is 531 g/mol. The van der Waals surface area contributed by atoms with Crippen LogP contribution in [0.4, 0.5) is 11.8 Å². The number of carbonyl (C=O) groups is 1. The molecule has 3 aromatic rings. The van der Waals surface area contributed by atoms with Crippen molar-refractivity contribution in [2.24, 2.45) is 11.7 Å². The lowest BCUT2D eigenvalue weighted by Gasteiger charge is -2.32. The number of nitrogens with one attached hydrogen (secondary N) is 1. The number of hydrogen-bond acceptors (Lipinski definition) is 8. The smallest absolute Gasteiger partial charge is 0.308 e. The predicted octanol–water partition coefficient (Wildman–Crippen LogP) is 4.77. The Morgan fingerprint density at radius 1 is 1.10 bits per heavy atom. The first-order valence-corrected chi connectivity index (χ1v) is 13.9. The number of piperidine rings is 1. The first-order valence-electron chi connectivity index (χ1n) is 13.9. The van der Waals surface area contributed by atoms with E-state index >= 15 is 0 Å². The molecule has 2 aliphatic rings. The Kier molecular flexibility index (Phi) is 8.05. The van der Waals surface area contributed by atoms with E-state index in [2.05, 4.69) is 9.88 Å². The molecule has 0 radical (unpaired) electrons. The van der Waals surface area contributed by atoms with Crippen molar-refractivity contribution in [2.75, 3.05) is 30.3 Å². The number of phenols is 1. The summed E-state index contributed by atoms with van der Waals surface area (Å²) in [5.41, 5.74) is 16.8. The van der Waals surface area contributed by atoms with Gasteiger partial charge in [-0.2, -0.15) is 0 Å². The standard InChI is InChI=1S/C30H38N6O3/c1-2-39-29(38)21-9-7-19(8-10-21)22-16-34-30(35-17-22)36-13-11-20(12-14-36)25-18-33-28(32)24(25)15-26(31)23-5-3-4-6-27(23)37/h3-6,15-21,33,37H,2,7-14,31-32H2,1H3/b26-15-/t19-,21-. The highest BCUT2D eigenvalue weighted by molar-refractivity contribution is 5.85. The number of para-hydroxylation sites is 1. The van der Waals surface area contributed by atoms with Crippen LogP contribution < -0.4 is 16.4 Å². The molecule has 1 aliphatic carbocycles. The third-order valence-electron chi connectivity index (χ3n) is 8.19. The van der Waals surface area contributed by atoms with Gasteiger partial charge in [0.15, 0.2) is 0 Å². The molecule has 2 fully saturated rings. The summed E-state index contributed by atoms with van der Waals surface area (Å²) in [5.74, 6) is 2.16. The molecule has 0 spiro atoms. The fourth-order valence-corrected chi connectivity index (χ4v) is 5.93. The Bertz CT molecular complexity index is 1300. The molecule has 0 bridgehead atoms. The van der Waals surface area contributed by atoms with Crippen molar-refractivity contribution < 1.29 is 14.6 Å². The lowest BCUT2D eigenvalue weighted by Crippen LogP contribution is -2.34. The minimum atomic E-state index is -0.0598. The van der Waals surface area contributed by atoms with Crippen LogP contribution in [0, 0.1) is 5.92 Å². The van der Waals surface area contributed by atoms with E-state index in [1.165, 1.54) is 0 Å². The first kappa shape index (κ1) is 26.6. The Morgan fingerprint density at radius 3 is 2.46 bits per heavy atom. The largest absolute Gasteiger partial charge is 0.507 e. The van der Waals surface area contributed by atoms with Crippen molar-refractivity contribution in [3.05, 3.63) is 65.1 Å². The van der Waals surface area contributed by atoms with Crippen LogP contribution >= 0.6 is 0 Å². The molecule has 9 nitrogen and oxygen atoms in total. The van der Waals surface area contributed by atoms with Gasteiger partial charge in [-0.3, -0.25) is 4.79 Å². The van der Waals surface area contributed by atoms with Crippen molar-refractivity contribution >= 4 is 29.5 Å². The van der Waals surface area contributed by atoms with Gasteiger partial charge in [-0.25, -0.2) is 9.97 Å². The van der Waals surface area contributed by atoms with E-state index in [1.54, 1.807) is 18.2 Å². The van der Waals surface area contributed by atoms with Gasteiger partial charge in [-0.1, -0.05) is 12.1 Å². The van der Waals surface area contributed by atoms with Crippen LogP contribution in [0.15, 0.2) is 42.9 Å². The minimum Gasteiger partial charge on any atom is -0.507 e. The molecular formula is C30H38N6O3. The van der Waals surface area contributed by atoms with Crippen LogP contribution in [0.2, 0.25) is 0 Å². The summed E-state index contributed by atoms with van der Waals surface area (Å²) in [6.07, 6.45) is 13.3. The Labute approximate surface area is 229 Å². The Balaban J connectivity index is 1.19.